The summed E-state index contributed by atoms with van der Waals surface area (Å²) in [6.45, 7) is -0.939. The molecule has 0 radical (unpaired) electrons. The molecule has 2 heterocycles. The number of aromatic nitrogens is 3. The standard InChI is InChI=1S/C29H36N5O18P/c1-12(25(43)30-16(4-6-21(38)39)27(45)31-17(28(46)47)5-7-22(40)41)52-53(49,50)51-11-20(37)23(42)19(36)10-34-18-9-14(35)3-2-13(18)8-15-24(34)32-29(48)33-26(15)44/h2-3,8-9,12,16-17,19-20,23,36-37,42H,4-7,10-11H2,1H3,(H,30,43)(H,31,45)(H,38,39)(H,40,41)(H,46,47)(H,49,50)(H2,32,33,44,48). The zero-order valence-corrected chi connectivity index (χ0v) is 28.4. The molecule has 1 aliphatic heterocycles. The van der Waals surface area contributed by atoms with Crippen molar-refractivity contribution < 1.29 is 73.1 Å². The molecular formula is C29H36N5O18P. The summed E-state index contributed by atoms with van der Waals surface area (Å²) >= 11 is 0. The molecule has 2 amide bonds. The third-order valence-corrected chi connectivity index (χ3v) is 8.65. The van der Waals surface area contributed by atoms with Gasteiger partial charge in [0.15, 0.2) is 5.43 Å². The Kier molecular flexibility index (Phi) is 14.3. The largest absolute Gasteiger partial charge is 0.481 e. The quantitative estimate of drug-likeness (QED) is 0.0399. The molecule has 24 heteroatoms. The topological polar surface area (TPSA) is 374 Å². The van der Waals surface area contributed by atoms with Gasteiger partial charge in [-0.3, -0.25) is 47.8 Å². The predicted molar refractivity (Wildman–Crippen MR) is 176 cm³/mol. The smallest absolute Gasteiger partial charge is 0.473 e. The summed E-state index contributed by atoms with van der Waals surface area (Å²) in [5.74, 6) is -6.91. The third kappa shape index (κ3) is 11.9. The first kappa shape index (κ1) is 42.1. The summed E-state index contributed by atoms with van der Waals surface area (Å²) in [7, 11) is -5.29. The summed E-state index contributed by atoms with van der Waals surface area (Å²) in [5, 5.41) is 62.9. The van der Waals surface area contributed by atoms with Gasteiger partial charge in [-0.15, -0.1) is 0 Å². The second kappa shape index (κ2) is 18.0. The van der Waals surface area contributed by atoms with Crippen LogP contribution in [0.4, 0.5) is 0 Å². The summed E-state index contributed by atoms with van der Waals surface area (Å²) in [4.78, 5) is 110. The highest BCUT2D eigenvalue weighted by Crippen LogP contribution is 2.44. The molecule has 0 bridgehead atoms. The van der Waals surface area contributed by atoms with Gasteiger partial charge in [0.2, 0.25) is 11.8 Å². The molecule has 1 aromatic rings. The number of amides is 2. The van der Waals surface area contributed by atoms with Crippen molar-refractivity contribution in [3.05, 3.63) is 55.3 Å². The van der Waals surface area contributed by atoms with E-state index >= 15 is 0 Å². The Bertz CT molecular complexity index is 2040. The number of nitrogens with one attached hydrogen (secondary N) is 4. The number of aromatic amines is 2. The van der Waals surface area contributed by atoms with E-state index in [9.17, 15) is 68.2 Å². The Morgan fingerprint density at radius 2 is 1.47 bits per heavy atom. The van der Waals surface area contributed by atoms with Gasteiger partial charge in [0.05, 0.1) is 24.2 Å². The van der Waals surface area contributed by atoms with Gasteiger partial charge in [0.1, 0.15) is 42.1 Å². The van der Waals surface area contributed by atoms with Crippen LogP contribution in [0.3, 0.4) is 0 Å². The minimum absolute atomic E-state index is 0.0631. The lowest BCUT2D eigenvalue weighted by Gasteiger charge is -2.27. The van der Waals surface area contributed by atoms with Crippen molar-refractivity contribution >= 4 is 48.6 Å². The predicted octanol–water partition coefficient (Wildman–Crippen LogP) is -3.13. The Balaban J connectivity index is 1.67. The van der Waals surface area contributed by atoms with E-state index in [0.29, 0.717) is 5.56 Å². The van der Waals surface area contributed by atoms with E-state index in [4.69, 9.17) is 14.7 Å². The second-order valence-electron chi connectivity index (χ2n) is 11.6. The number of nitrogens with zero attached hydrogens (tertiary/aromatic N) is 1. The van der Waals surface area contributed by atoms with Crippen molar-refractivity contribution in [1.82, 2.24) is 25.2 Å². The van der Waals surface area contributed by atoms with Gasteiger partial charge < -0.3 is 50.7 Å². The molecule has 3 rings (SSSR count). The monoisotopic (exact) mass is 773 g/mol. The number of hydrogen-bond acceptors (Lipinski definition) is 14. The number of hydrogen-bond donors (Lipinski definition) is 11. The minimum Gasteiger partial charge on any atom is -0.481 e. The third-order valence-electron chi connectivity index (χ3n) is 7.59. The fourth-order valence-electron chi connectivity index (χ4n) is 4.90. The number of phosphoric acid groups is 1. The van der Waals surface area contributed by atoms with Crippen molar-refractivity contribution in [2.75, 3.05) is 6.61 Å². The van der Waals surface area contributed by atoms with E-state index < -0.39 is 130 Å². The number of fused-ring (bicyclic) bond motifs is 2. The lowest BCUT2D eigenvalue weighted by atomic mass is 10.0. The number of carbonyl (C=O) groups is 5. The number of rotatable bonds is 20. The van der Waals surface area contributed by atoms with Gasteiger partial charge in [0, 0.05) is 18.9 Å². The van der Waals surface area contributed by atoms with Crippen molar-refractivity contribution in [1.29, 1.82) is 0 Å². The minimum atomic E-state index is -5.29. The average Bonchev–Trinajstić information content (AvgIpc) is 3.06. The van der Waals surface area contributed by atoms with E-state index in [1.807, 2.05) is 15.6 Å². The number of aliphatic hydroxyl groups excluding tert-OH is 3. The van der Waals surface area contributed by atoms with Gasteiger partial charge in [-0.25, -0.2) is 14.2 Å². The lowest BCUT2D eigenvalue weighted by molar-refractivity contribution is -0.144. The number of phosphoric ester groups is 1. The molecule has 0 saturated heterocycles. The normalized spacial score (nSPS) is 16.1. The number of carboxylic acid groups (broad SMARTS) is 3. The first-order valence-corrected chi connectivity index (χ1v) is 17.0. The molecule has 1 aliphatic carbocycles. The van der Waals surface area contributed by atoms with Crippen molar-refractivity contribution in [3.63, 3.8) is 0 Å². The van der Waals surface area contributed by atoms with Gasteiger partial charge in [-0.1, -0.05) is 0 Å². The van der Waals surface area contributed by atoms with Gasteiger partial charge in [0.25, 0.3) is 5.56 Å². The zero-order chi connectivity index (χ0) is 39.8. The van der Waals surface area contributed by atoms with Crippen LogP contribution in [-0.2, 0) is 44.1 Å². The molecule has 11 N–H and O–H groups in total. The fraction of sp³-hybridized carbons (Fsp3) is 0.448. The highest BCUT2D eigenvalue weighted by Gasteiger charge is 2.35. The molecule has 0 saturated carbocycles. The number of H-pyrrole nitrogens is 2. The van der Waals surface area contributed by atoms with Gasteiger partial charge in [-0.05, 0) is 43.5 Å². The van der Waals surface area contributed by atoms with Crippen LogP contribution in [-0.4, -0.2) is 123 Å². The number of pyridine rings is 1. The zero-order valence-electron chi connectivity index (χ0n) is 27.5. The summed E-state index contributed by atoms with van der Waals surface area (Å²) < 4.78 is 23.1. The van der Waals surface area contributed by atoms with Gasteiger partial charge in [-0.2, -0.15) is 0 Å². The molecule has 1 aromatic heterocycles. The van der Waals surface area contributed by atoms with Crippen molar-refractivity contribution in [3.8, 4) is 11.3 Å². The number of benzene rings is 1. The second-order valence-corrected chi connectivity index (χ2v) is 13.0. The highest BCUT2D eigenvalue weighted by atomic mass is 31.2. The number of aliphatic carboxylic acids is 3. The van der Waals surface area contributed by atoms with Crippen LogP contribution in [0.5, 0.6) is 0 Å². The van der Waals surface area contributed by atoms with Crippen LogP contribution in [0.2, 0.25) is 0 Å². The van der Waals surface area contributed by atoms with Crippen molar-refractivity contribution in [2.24, 2.45) is 0 Å². The molecule has 0 fully saturated rings. The molecule has 0 aromatic carbocycles. The Morgan fingerprint density at radius 3 is 2.08 bits per heavy atom. The van der Waals surface area contributed by atoms with E-state index in [2.05, 4.69) is 9.51 Å². The molecular weight excluding hydrogens is 737 g/mol. The van der Waals surface area contributed by atoms with Crippen LogP contribution in [0.15, 0.2) is 38.6 Å². The Morgan fingerprint density at radius 1 is 0.868 bits per heavy atom. The maximum Gasteiger partial charge on any atom is 0.473 e. The number of aliphatic hydroxyl groups is 3. The Hall–Kier alpha value is -5.29. The maximum absolute atomic E-state index is 12.7. The van der Waals surface area contributed by atoms with Crippen LogP contribution in [0.25, 0.3) is 22.3 Å². The fourth-order valence-corrected chi connectivity index (χ4v) is 5.80. The molecule has 2 aliphatic rings. The molecule has 23 nitrogen and oxygen atoms in total. The van der Waals surface area contributed by atoms with E-state index in [0.717, 1.165) is 17.6 Å². The van der Waals surface area contributed by atoms with E-state index in [-0.39, 0.29) is 16.7 Å². The van der Waals surface area contributed by atoms with Crippen molar-refractivity contribution in [2.45, 2.75) is 75.7 Å². The number of carboxylic acids is 3. The SMILES string of the molecule is CC(OP(=O)(O)OCC(O)C(O)C(O)Cn1c2cc(=O)ccc-2cc2c(=O)[nH]c(=O)[nH]c21)C(=O)NC(CCC(=O)O)C(=O)NC(CCC(=O)O)C(=O)O. The molecule has 7 unspecified atom stereocenters. The highest BCUT2D eigenvalue weighted by molar-refractivity contribution is 7.47. The van der Waals surface area contributed by atoms with E-state index in [1.54, 1.807) is 0 Å². The molecule has 0 spiro atoms. The van der Waals surface area contributed by atoms with Crippen LogP contribution >= 0.6 is 7.82 Å². The first-order chi connectivity index (χ1) is 24.7. The summed E-state index contributed by atoms with van der Waals surface area (Å²) in [6, 6.07) is 1.59. The van der Waals surface area contributed by atoms with Crippen LogP contribution in [0, 0.1) is 0 Å². The van der Waals surface area contributed by atoms with Crippen LogP contribution in [0.1, 0.15) is 32.6 Å². The number of carbonyl (C=O) groups excluding carboxylic acids is 2. The molecule has 7 atom stereocenters. The first-order valence-electron chi connectivity index (χ1n) is 15.5. The Labute approximate surface area is 295 Å². The lowest BCUT2D eigenvalue weighted by Crippen LogP contribution is -2.53. The summed E-state index contributed by atoms with van der Waals surface area (Å²) in [6.07, 6.45) is -10.6. The average molecular weight is 774 g/mol. The summed E-state index contributed by atoms with van der Waals surface area (Å²) in [5.41, 5.74) is -1.94. The van der Waals surface area contributed by atoms with Crippen LogP contribution < -0.4 is 27.3 Å². The maximum atomic E-state index is 12.7. The van der Waals surface area contributed by atoms with E-state index in [1.165, 1.54) is 18.2 Å². The molecule has 53 heavy (non-hydrogen) atoms. The van der Waals surface area contributed by atoms with Gasteiger partial charge >= 0.3 is 31.4 Å². The molecule has 290 valence electrons.